The standard InChI is InChI=1S/C9H10N4O/c1-2-11-8-4-9(12-13(8)3-1)14-7-5-10-6-7/h1-4,7,10H,5-6H2. The van der Waals surface area contributed by atoms with E-state index in [1.165, 1.54) is 0 Å². The van der Waals surface area contributed by atoms with Crippen LogP contribution in [0.2, 0.25) is 0 Å². The van der Waals surface area contributed by atoms with Crippen LogP contribution in [-0.4, -0.2) is 33.8 Å². The number of nitrogens with zero attached hydrogens (tertiary/aromatic N) is 3. The molecule has 0 aliphatic carbocycles. The second kappa shape index (κ2) is 2.95. The van der Waals surface area contributed by atoms with E-state index in [1.807, 2.05) is 18.3 Å². The maximum atomic E-state index is 5.60. The van der Waals surface area contributed by atoms with Crippen molar-refractivity contribution < 1.29 is 4.74 Å². The maximum absolute atomic E-state index is 5.60. The lowest BCUT2D eigenvalue weighted by atomic mass is 10.2. The van der Waals surface area contributed by atoms with Gasteiger partial charge in [0.1, 0.15) is 6.10 Å². The lowest BCUT2D eigenvalue weighted by molar-refractivity contribution is 0.135. The molecule has 0 radical (unpaired) electrons. The Labute approximate surface area is 80.7 Å². The van der Waals surface area contributed by atoms with Crippen molar-refractivity contribution in [3.63, 3.8) is 0 Å². The number of hydrogen-bond acceptors (Lipinski definition) is 4. The molecular weight excluding hydrogens is 180 g/mol. The zero-order valence-corrected chi connectivity index (χ0v) is 7.55. The molecule has 1 N–H and O–H groups in total. The monoisotopic (exact) mass is 190 g/mol. The Bertz CT molecular complexity index is 416. The average Bonchev–Trinajstić information content (AvgIpc) is 2.53. The van der Waals surface area contributed by atoms with E-state index in [2.05, 4.69) is 15.4 Å². The molecule has 14 heavy (non-hydrogen) atoms. The van der Waals surface area contributed by atoms with Crippen LogP contribution in [0.25, 0.3) is 5.65 Å². The van der Waals surface area contributed by atoms with E-state index in [1.54, 1.807) is 10.7 Å². The van der Waals surface area contributed by atoms with Crippen molar-refractivity contribution in [3.05, 3.63) is 24.5 Å². The first-order chi connectivity index (χ1) is 6.92. The van der Waals surface area contributed by atoms with Gasteiger partial charge in [-0.15, -0.1) is 5.10 Å². The zero-order chi connectivity index (χ0) is 9.38. The number of fused-ring (bicyclic) bond motifs is 1. The van der Waals surface area contributed by atoms with Gasteiger partial charge in [-0.1, -0.05) is 0 Å². The van der Waals surface area contributed by atoms with Gasteiger partial charge < -0.3 is 10.1 Å². The molecule has 0 bridgehead atoms. The van der Waals surface area contributed by atoms with Gasteiger partial charge in [-0.2, -0.15) is 0 Å². The molecule has 1 aliphatic rings. The Balaban J connectivity index is 1.89. The Morgan fingerprint density at radius 3 is 3.14 bits per heavy atom. The summed E-state index contributed by atoms with van der Waals surface area (Å²) >= 11 is 0. The third-order valence-corrected chi connectivity index (χ3v) is 2.25. The first kappa shape index (κ1) is 7.75. The van der Waals surface area contributed by atoms with E-state index in [0.717, 1.165) is 18.7 Å². The summed E-state index contributed by atoms with van der Waals surface area (Å²) in [6.45, 7) is 1.81. The van der Waals surface area contributed by atoms with Crippen molar-refractivity contribution in [2.24, 2.45) is 0 Å². The molecular formula is C9H10N4O. The molecule has 5 nitrogen and oxygen atoms in total. The van der Waals surface area contributed by atoms with Crippen LogP contribution in [0.4, 0.5) is 0 Å². The number of rotatable bonds is 2. The van der Waals surface area contributed by atoms with Gasteiger partial charge in [0.2, 0.25) is 5.88 Å². The van der Waals surface area contributed by atoms with Crippen LogP contribution in [0.3, 0.4) is 0 Å². The van der Waals surface area contributed by atoms with Gasteiger partial charge in [-0.3, -0.25) is 0 Å². The van der Waals surface area contributed by atoms with Crippen LogP contribution in [-0.2, 0) is 0 Å². The van der Waals surface area contributed by atoms with Crippen LogP contribution in [0.1, 0.15) is 0 Å². The highest BCUT2D eigenvalue weighted by molar-refractivity contribution is 5.40. The van der Waals surface area contributed by atoms with Gasteiger partial charge in [0.25, 0.3) is 0 Å². The number of nitrogens with one attached hydrogen (secondary N) is 1. The van der Waals surface area contributed by atoms with E-state index in [-0.39, 0.29) is 6.10 Å². The van der Waals surface area contributed by atoms with Gasteiger partial charge >= 0.3 is 0 Å². The number of aromatic nitrogens is 3. The SMILES string of the molecule is c1cnc2cc(OC3CNC3)nn2c1. The minimum absolute atomic E-state index is 0.264. The van der Waals surface area contributed by atoms with Gasteiger partial charge in [-0.25, -0.2) is 9.50 Å². The van der Waals surface area contributed by atoms with Crippen LogP contribution in [0, 0.1) is 0 Å². The fourth-order valence-electron chi connectivity index (χ4n) is 1.38. The van der Waals surface area contributed by atoms with Crippen molar-refractivity contribution in [2.45, 2.75) is 6.10 Å². The fraction of sp³-hybridized carbons (Fsp3) is 0.333. The third kappa shape index (κ3) is 1.22. The summed E-state index contributed by atoms with van der Waals surface area (Å²) in [6.07, 6.45) is 3.86. The minimum atomic E-state index is 0.264. The molecule has 1 fully saturated rings. The molecule has 0 amide bonds. The molecule has 5 heteroatoms. The van der Waals surface area contributed by atoms with Gasteiger partial charge in [-0.05, 0) is 6.07 Å². The van der Waals surface area contributed by atoms with E-state index in [0.29, 0.717) is 5.88 Å². The summed E-state index contributed by atoms with van der Waals surface area (Å²) in [5, 5.41) is 7.38. The predicted octanol–water partition coefficient (Wildman–Crippen LogP) is 0.0799. The van der Waals surface area contributed by atoms with Gasteiger partial charge in [0, 0.05) is 31.5 Å². The predicted molar refractivity (Wildman–Crippen MR) is 50.3 cm³/mol. The first-order valence-electron chi connectivity index (χ1n) is 4.59. The Hall–Kier alpha value is -1.62. The lowest BCUT2D eigenvalue weighted by Crippen LogP contribution is -2.50. The second-order valence-electron chi connectivity index (χ2n) is 3.30. The average molecular weight is 190 g/mol. The highest BCUT2D eigenvalue weighted by atomic mass is 16.5. The molecule has 0 spiro atoms. The minimum Gasteiger partial charge on any atom is -0.471 e. The van der Waals surface area contributed by atoms with E-state index in [9.17, 15) is 0 Å². The Morgan fingerprint density at radius 2 is 2.43 bits per heavy atom. The van der Waals surface area contributed by atoms with Crippen molar-refractivity contribution in [1.82, 2.24) is 19.9 Å². The Kier molecular flexibility index (Phi) is 1.63. The zero-order valence-electron chi connectivity index (χ0n) is 7.55. The summed E-state index contributed by atoms with van der Waals surface area (Å²) in [6, 6.07) is 3.69. The molecule has 0 unspecified atom stereocenters. The topological polar surface area (TPSA) is 51.5 Å². The lowest BCUT2D eigenvalue weighted by Gasteiger charge is -2.26. The van der Waals surface area contributed by atoms with Gasteiger partial charge in [0.15, 0.2) is 5.65 Å². The summed E-state index contributed by atoms with van der Waals surface area (Å²) in [7, 11) is 0. The molecule has 3 rings (SSSR count). The van der Waals surface area contributed by atoms with Crippen molar-refractivity contribution in [3.8, 4) is 5.88 Å². The Morgan fingerprint density at radius 1 is 1.50 bits per heavy atom. The molecule has 1 aliphatic heterocycles. The first-order valence-corrected chi connectivity index (χ1v) is 4.59. The van der Waals surface area contributed by atoms with Crippen molar-refractivity contribution in [2.75, 3.05) is 13.1 Å². The normalized spacial score (nSPS) is 16.9. The van der Waals surface area contributed by atoms with E-state index in [4.69, 9.17) is 4.74 Å². The summed E-state index contributed by atoms with van der Waals surface area (Å²) in [5.41, 5.74) is 0.815. The molecule has 72 valence electrons. The van der Waals surface area contributed by atoms with Crippen LogP contribution < -0.4 is 10.1 Å². The number of ether oxygens (including phenoxy) is 1. The molecule has 2 aromatic rings. The van der Waals surface area contributed by atoms with Gasteiger partial charge in [0.05, 0.1) is 0 Å². The highest BCUT2D eigenvalue weighted by Gasteiger charge is 2.19. The highest BCUT2D eigenvalue weighted by Crippen LogP contribution is 2.13. The molecule has 0 atom stereocenters. The second-order valence-corrected chi connectivity index (χ2v) is 3.30. The summed E-state index contributed by atoms with van der Waals surface area (Å²) in [5.74, 6) is 0.648. The quantitative estimate of drug-likeness (QED) is 0.728. The molecule has 1 saturated heterocycles. The van der Waals surface area contributed by atoms with E-state index < -0.39 is 0 Å². The molecule has 0 aromatic carbocycles. The smallest absolute Gasteiger partial charge is 0.235 e. The summed E-state index contributed by atoms with van der Waals surface area (Å²) in [4.78, 5) is 4.16. The largest absolute Gasteiger partial charge is 0.471 e. The molecule has 2 aromatic heterocycles. The third-order valence-electron chi connectivity index (χ3n) is 2.25. The maximum Gasteiger partial charge on any atom is 0.235 e. The van der Waals surface area contributed by atoms with Crippen LogP contribution in [0.5, 0.6) is 5.88 Å². The molecule has 0 saturated carbocycles. The van der Waals surface area contributed by atoms with E-state index >= 15 is 0 Å². The van der Waals surface area contributed by atoms with Crippen LogP contribution in [0.15, 0.2) is 24.5 Å². The number of hydrogen-bond donors (Lipinski definition) is 1. The fourth-order valence-corrected chi connectivity index (χ4v) is 1.38. The molecule has 3 heterocycles. The van der Waals surface area contributed by atoms with Crippen molar-refractivity contribution >= 4 is 5.65 Å². The summed E-state index contributed by atoms with van der Waals surface area (Å²) < 4.78 is 7.31. The van der Waals surface area contributed by atoms with Crippen LogP contribution >= 0.6 is 0 Å². The van der Waals surface area contributed by atoms with Crippen molar-refractivity contribution in [1.29, 1.82) is 0 Å².